The molecule has 0 aliphatic carbocycles. The van der Waals surface area contributed by atoms with Crippen molar-refractivity contribution >= 4 is 15.9 Å². The minimum absolute atomic E-state index is 0.296. The van der Waals surface area contributed by atoms with E-state index < -0.39 is 6.04 Å². The zero-order valence-electron chi connectivity index (χ0n) is 8.75. The van der Waals surface area contributed by atoms with Crippen molar-refractivity contribution in [1.29, 1.82) is 0 Å². The summed E-state index contributed by atoms with van der Waals surface area (Å²) >= 11 is 3.31. The van der Waals surface area contributed by atoms with Crippen LogP contribution in [0.4, 0.5) is 4.39 Å². The highest BCUT2D eigenvalue weighted by Gasteiger charge is 2.44. The van der Waals surface area contributed by atoms with Crippen LogP contribution in [0.2, 0.25) is 0 Å². The molecular formula is C11H14BrFN2O. The molecule has 16 heavy (non-hydrogen) atoms. The Morgan fingerprint density at radius 3 is 2.69 bits per heavy atom. The van der Waals surface area contributed by atoms with Gasteiger partial charge in [-0.15, -0.1) is 0 Å². The number of rotatable bonds is 3. The molecule has 1 saturated heterocycles. The number of hydrogen-bond acceptors (Lipinski definition) is 3. The van der Waals surface area contributed by atoms with Crippen molar-refractivity contribution in [1.82, 2.24) is 0 Å². The molecule has 3 nitrogen and oxygen atoms in total. The van der Waals surface area contributed by atoms with E-state index in [1.807, 2.05) is 0 Å². The van der Waals surface area contributed by atoms with Crippen LogP contribution < -0.4 is 11.5 Å². The lowest BCUT2D eigenvalue weighted by Gasteiger charge is -2.45. The Balaban J connectivity index is 2.32. The Labute approximate surface area is 102 Å². The monoisotopic (exact) mass is 288 g/mol. The zero-order valence-corrected chi connectivity index (χ0v) is 10.3. The van der Waals surface area contributed by atoms with Gasteiger partial charge in [0.05, 0.1) is 13.2 Å². The predicted octanol–water partition coefficient (Wildman–Crippen LogP) is 1.56. The molecule has 1 aromatic carbocycles. The fraction of sp³-hybridized carbons (Fsp3) is 0.455. The molecule has 1 aliphatic rings. The highest BCUT2D eigenvalue weighted by Crippen LogP contribution is 2.39. The van der Waals surface area contributed by atoms with Crippen molar-refractivity contribution < 1.29 is 9.13 Å². The lowest BCUT2D eigenvalue weighted by Crippen LogP contribution is -2.55. The normalized spacial score (nSPS) is 20.2. The molecule has 1 fully saturated rings. The summed E-state index contributed by atoms with van der Waals surface area (Å²) in [6.07, 6.45) is 0. The second-order valence-electron chi connectivity index (χ2n) is 4.20. The van der Waals surface area contributed by atoms with Gasteiger partial charge in [-0.3, -0.25) is 0 Å². The maximum absolute atomic E-state index is 13.7. The SMILES string of the molecule is NCC1(C(N)c2cc(Br)ccc2F)COC1. The molecule has 4 N–H and O–H groups in total. The fourth-order valence-electron chi connectivity index (χ4n) is 1.87. The molecule has 1 aliphatic heterocycles. The van der Waals surface area contributed by atoms with E-state index in [9.17, 15) is 4.39 Å². The minimum Gasteiger partial charge on any atom is -0.380 e. The molecular weight excluding hydrogens is 275 g/mol. The van der Waals surface area contributed by atoms with E-state index in [0.717, 1.165) is 4.47 Å². The summed E-state index contributed by atoms with van der Waals surface area (Å²) in [7, 11) is 0. The lowest BCUT2D eigenvalue weighted by atomic mass is 9.75. The first-order chi connectivity index (χ1) is 7.59. The second-order valence-corrected chi connectivity index (χ2v) is 5.12. The lowest BCUT2D eigenvalue weighted by molar-refractivity contribution is -0.121. The van der Waals surface area contributed by atoms with Crippen molar-refractivity contribution in [3.63, 3.8) is 0 Å². The van der Waals surface area contributed by atoms with E-state index in [4.69, 9.17) is 16.2 Å². The van der Waals surface area contributed by atoms with Gasteiger partial charge in [0.15, 0.2) is 0 Å². The quantitative estimate of drug-likeness (QED) is 0.887. The third kappa shape index (κ3) is 1.88. The number of nitrogens with two attached hydrogens (primary N) is 2. The minimum atomic E-state index is -0.427. The van der Waals surface area contributed by atoms with E-state index >= 15 is 0 Å². The smallest absolute Gasteiger partial charge is 0.128 e. The summed E-state index contributed by atoms with van der Waals surface area (Å²) < 4.78 is 19.6. The summed E-state index contributed by atoms with van der Waals surface area (Å²) in [6.45, 7) is 1.40. The van der Waals surface area contributed by atoms with Crippen molar-refractivity contribution in [2.75, 3.05) is 19.8 Å². The van der Waals surface area contributed by atoms with Crippen LogP contribution in [0.5, 0.6) is 0 Å². The van der Waals surface area contributed by atoms with Gasteiger partial charge < -0.3 is 16.2 Å². The molecule has 2 rings (SSSR count). The van der Waals surface area contributed by atoms with Gasteiger partial charge >= 0.3 is 0 Å². The standard InChI is InChI=1S/C11H14BrFN2O/c12-7-1-2-9(13)8(3-7)10(15)11(4-14)5-16-6-11/h1-3,10H,4-6,14-15H2. The van der Waals surface area contributed by atoms with Gasteiger partial charge in [0.2, 0.25) is 0 Å². The Kier molecular flexibility index (Phi) is 3.30. The maximum Gasteiger partial charge on any atom is 0.128 e. The maximum atomic E-state index is 13.7. The third-order valence-electron chi connectivity index (χ3n) is 3.14. The van der Waals surface area contributed by atoms with Crippen molar-refractivity contribution in [2.24, 2.45) is 16.9 Å². The average molecular weight is 289 g/mol. The molecule has 88 valence electrons. The molecule has 5 heteroatoms. The van der Waals surface area contributed by atoms with Crippen molar-refractivity contribution in [3.05, 3.63) is 34.1 Å². The molecule has 0 amide bonds. The van der Waals surface area contributed by atoms with Crippen LogP contribution in [0.1, 0.15) is 11.6 Å². The predicted molar refractivity (Wildman–Crippen MR) is 63.3 cm³/mol. The molecule has 1 atom stereocenters. The molecule has 0 radical (unpaired) electrons. The number of hydrogen-bond donors (Lipinski definition) is 2. The van der Waals surface area contributed by atoms with E-state index in [1.165, 1.54) is 6.07 Å². The first-order valence-corrected chi connectivity index (χ1v) is 5.87. The number of ether oxygens (including phenoxy) is 1. The summed E-state index contributed by atoms with van der Waals surface area (Å²) in [5.41, 5.74) is 12.0. The van der Waals surface area contributed by atoms with Gasteiger partial charge in [0.1, 0.15) is 5.82 Å². The van der Waals surface area contributed by atoms with Gasteiger partial charge in [-0.05, 0) is 18.2 Å². The Bertz CT molecular complexity index is 390. The van der Waals surface area contributed by atoms with Crippen LogP contribution in [0.25, 0.3) is 0 Å². The van der Waals surface area contributed by atoms with E-state index in [-0.39, 0.29) is 11.2 Å². The van der Waals surface area contributed by atoms with Crippen molar-refractivity contribution in [3.8, 4) is 0 Å². The molecule has 0 bridgehead atoms. The highest BCUT2D eigenvalue weighted by molar-refractivity contribution is 9.10. The first kappa shape index (κ1) is 12.0. The molecule has 1 heterocycles. The summed E-state index contributed by atoms with van der Waals surface area (Å²) in [4.78, 5) is 0. The largest absolute Gasteiger partial charge is 0.380 e. The highest BCUT2D eigenvalue weighted by atomic mass is 79.9. The van der Waals surface area contributed by atoms with Crippen LogP contribution >= 0.6 is 15.9 Å². The van der Waals surface area contributed by atoms with E-state index in [0.29, 0.717) is 25.3 Å². The van der Waals surface area contributed by atoms with Crippen LogP contribution in [0.15, 0.2) is 22.7 Å². The van der Waals surface area contributed by atoms with Gasteiger partial charge in [-0.1, -0.05) is 15.9 Å². The Hall–Kier alpha value is -0.490. The summed E-state index contributed by atoms with van der Waals surface area (Å²) in [5, 5.41) is 0. The van der Waals surface area contributed by atoms with Crippen LogP contribution in [-0.2, 0) is 4.74 Å². The van der Waals surface area contributed by atoms with Crippen molar-refractivity contribution in [2.45, 2.75) is 6.04 Å². The Morgan fingerprint density at radius 1 is 1.50 bits per heavy atom. The Morgan fingerprint density at radius 2 is 2.19 bits per heavy atom. The van der Waals surface area contributed by atoms with E-state index in [2.05, 4.69) is 15.9 Å². The molecule has 0 aromatic heterocycles. The van der Waals surface area contributed by atoms with Gasteiger partial charge in [-0.2, -0.15) is 0 Å². The van der Waals surface area contributed by atoms with Crippen LogP contribution in [0, 0.1) is 11.2 Å². The van der Waals surface area contributed by atoms with Gasteiger partial charge in [0, 0.05) is 28.0 Å². The molecule has 1 unspecified atom stereocenters. The van der Waals surface area contributed by atoms with Gasteiger partial charge in [0.25, 0.3) is 0 Å². The third-order valence-corrected chi connectivity index (χ3v) is 3.63. The first-order valence-electron chi connectivity index (χ1n) is 5.07. The summed E-state index contributed by atoms with van der Waals surface area (Å²) in [5.74, 6) is -0.296. The average Bonchev–Trinajstić information content (AvgIpc) is 2.21. The fourth-order valence-corrected chi connectivity index (χ4v) is 2.25. The van der Waals surface area contributed by atoms with Crippen LogP contribution in [0.3, 0.4) is 0 Å². The topological polar surface area (TPSA) is 61.3 Å². The van der Waals surface area contributed by atoms with Gasteiger partial charge in [-0.25, -0.2) is 4.39 Å². The zero-order chi connectivity index (χ0) is 11.8. The van der Waals surface area contributed by atoms with Crippen LogP contribution in [-0.4, -0.2) is 19.8 Å². The summed E-state index contributed by atoms with van der Waals surface area (Å²) in [6, 6.07) is 4.33. The second kappa shape index (κ2) is 4.41. The number of benzene rings is 1. The number of halogens is 2. The molecule has 0 saturated carbocycles. The van der Waals surface area contributed by atoms with E-state index in [1.54, 1.807) is 12.1 Å². The molecule has 0 spiro atoms. The molecule has 1 aromatic rings.